The first-order valence-corrected chi connectivity index (χ1v) is 11.1. The summed E-state index contributed by atoms with van der Waals surface area (Å²) in [6.45, 7) is 16.6. The summed E-state index contributed by atoms with van der Waals surface area (Å²) >= 11 is 0. The van der Waals surface area contributed by atoms with E-state index in [1.54, 1.807) is 23.9 Å². The molecular weight excluding hydrogens is 414 g/mol. The Morgan fingerprint density at radius 2 is 2.18 bits per heavy atom. The number of nitrogens with one attached hydrogen (secondary N) is 2. The van der Waals surface area contributed by atoms with Crippen LogP contribution in [0.2, 0.25) is 0 Å². The summed E-state index contributed by atoms with van der Waals surface area (Å²) in [6, 6.07) is 5.64. The summed E-state index contributed by atoms with van der Waals surface area (Å²) in [5.41, 5.74) is 5.38. The van der Waals surface area contributed by atoms with Crippen molar-refractivity contribution in [3.8, 4) is 0 Å². The Balaban J connectivity index is 1.61. The number of carbonyl (C=O) groups excluding carboxylic acids is 1. The zero-order valence-electron chi connectivity index (χ0n) is 19.2. The van der Waals surface area contributed by atoms with Crippen LogP contribution in [0.1, 0.15) is 31.9 Å². The number of carbonyl (C=O) groups is 1. The highest BCUT2D eigenvalue weighted by molar-refractivity contribution is 5.90. The average molecular weight is 448 g/mol. The fourth-order valence-corrected chi connectivity index (χ4v) is 4.46. The average Bonchev–Trinajstić information content (AvgIpc) is 3.34. The lowest BCUT2D eigenvalue weighted by Gasteiger charge is -2.44. The van der Waals surface area contributed by atoms with Gasteiger partial charge in [-0.25, -0.2) is 5.48 Å². The minimum atomic E-state index is -0.598. The molecule has 0 aromatic carbocycles. The second-order valence-electron chi connectivity index (χ2n) is 8.89. The fraction of sp³-hybridized carbons (Fsp3) is 0.346. The van der Waals surface area contributed by atoms with Crippen molar-refractivity contribution in [2.75, 3.05) is 11.9 Å². The first-order chi connectivity index (χ1) is 15.8. The molecule has 0 saturated heterocycles. The SMILES string of the molecule is C=C[C@]1(C)CC[C@@H](C(=C)Cn2cccn2)C[C@H]1C(=C)CNc1ccc(/C=C/C(=O)NO)nc1. The molecule has 1 fully saturated rings. The summed E-state index contributed by atoms with van der Waals surface area (Å²) in [7, 11) is 0. The molecule has 33 heavy (non-hydrogen) atoms. The Labute approximate surface area is 195 Å². The first kappa shape index (κ1) is 24.2. The zero-order valence-corrected chi connectivity index (χ0v) is 19.2. The Morgan fingerprint density at radius 1 is 1.36 bits per heavy atom. The van der Waals surface area contributed by atoms with E-state index in [1.807, 2.05) is 23.0 Å². The van der Waals surface area contributed by atoms with Crippen molar-refractivity contribution in [3.05, 3.63) is 85.5 Å². The molecule has 1 aliphatic carbocycles. The molecule has 3 N–H and O–H groups in total. The summed E-state index contributed by atoms with van der Waals surface area (Å²) in [6.07, 6.45) is 13.4. The monoisotopic (exact) mass is 447 g/mol. The lowest BCUT2D eigenvalue weighted by Crippen LogP contribution is -2.36. The molecular formula is C26H33N5O2. The van der Waals surface area contributed by atoms with E-state index in [-0.39, 0.29) is 5.41 Å². The van der Waals surface area contributed by atoms with Crippen LogP contribution in [0.25, 0.3) is 6.08 Å². The molecule has 2 aromatic heterocycles. The zero-order chi connectivity index (χ0) is 23.8. The molecule has 3 atom stereocenters. The standard InChI is InChI=1S/C26H33N5O2/c1-5-26(4)12-11-21(20(3)18-31-14-6-13-29-31)15-24(26)19(2)16-27-23-8-7-22(28-17-23)9-10-25(32)30-33/h5-10,13-14,17,21,24,27,33H,1-3,11-12,15-16,18H2,4H3,(H,30,32)/b10-9+/t21-,24+,26-/m1/s1. The van der Waals surface area contributed by atoms with Crippen LogP contribution in [-0.4, -0.2) is 32.4 Å². The predicted octanol–water partition coefficient (Wildman–Crippen LogP) is 4.63. The molecule has 1 saturated carbocycles. The van der Waals surface area contributed by atoms with Gasteiger partial charge in [-0.2, -0.15) is 5.10 Å². The molecule has 1 amide bonds. The lowest BCUT2D eigenvalue weighted by atomic mass is 9.61. The highest BCUT2D eigenvalue weighted by atomic mass is 16.5. The van der Waals surface area contributed by atoms with Gasteiger partial charge >= 0.3 is 0 Å². The van der Waals surface area contributed by atoms with E-state index in [1.165, 1.54) is 17.7 Å². The maximum Gasteiger partial charge on any atom is 0.267 e. The van der Waals surface area contributed by atoms with Gasteiger partial charge in [-0.3, -0.25) is 19.7 Å². The minimum absolute atomic E-state index is 0.00141. The Bertz CT molecular complexity index is 1010. The van der Waals surface area contributed by atoms with Gasteiger partial charge < -0.3 is 5.32 Å². The van der Waals surface area contributed by atoms with Gasteiger partial charge in [0.25, 0.3) is 5.91 Å². The van der Waals surface area contributed by atoms with Gasteiger partial charge in [0.2, 0.25) is 0 Å². The molecule has 0 bridgehead atoms. The van der Waals surface area contributed by atoms with E-state index >= 15 is 0 Å². The van der Waals surface area contributed by atoms with Crippen molar-refractivity contribution in [1.29, 1.82) is 0 Å². The number of nitrogens with zero attached hydrogens (tertiary/aromatic N) is 3. The summed E-state index contributed by atoms with van der Waals surface area (Å²) < 4.78 is 1.93. The first-order valence-electron chi connectivity index (χ1n) is 11.1. The molecule has 174 valence electrons. The van der Waals surface area contributed by atoms with Gasteiger partial charge in [-0.15, -0.1) is 6.58 Å². The molecule has 7 heteroatoms. The number of aromatic nitrogens is 3. The Hall–Kier alpha value is -3.45. The van der Waals surface area contributed by atoms with Crippen molar-refractivity contribution in [2.24, 2.45) is 17.3 Å². The maximum absolute atomic E-state index is 11.1. The molecule has 2 heterocycles. The van der Waals surface area contributed by atoms with E-state index < -0.39 is 5.91 Å². The number of pyridine rings is 1. The number of allylic oxidation sites excluding steroid dienone is 2. The van der Waals surface area contributed by atoms with Gasteiger partial charge in [-0.05, 0) is 60.8 Å². The quantitative estimate of drug-likeness (QED) is 0.214. The maximum atomic E-state index is 11.1. The molecule has 0 radical (unpaired) electrons. The summed E-state index contributed by atoms with van der Waals surface area (Å²) in [4.78, 5) is 15.4. The van der Waals surface area contributed by atoms with Crippen molar-refractivity contribution < 1.29 is 10.0 Å². The number of amides is 1. The number of rotatable bonds is 10. The normalized spacial score (nSPS) is 22.6. The second kappa shape index (κ2) is 10.9. The molecule has 1 aliphatic rings. The van der Waals surface area contributed by atoms with Gasteiger partial charge in [0.1, 0.15) is 0 Å². The second-order valence-corrected chi connectivity index (χ2v) is 8.89. The highest BCUT2D eigenvalue weighted by Crippen LogP contribution is 2.49. The molecule has 3 rings (SSSR count). The van der Waals surface area contributed by atoms with E-state index in [2.05, 4.69) is 48.1 Å². The molecule has 2 aromatic rings. The van der Waals surface area contributed by atoms with Crippen LogP contribution in [-0.2, 0) is 11.3 Å². The van der Waals surface area contributed by atoms with E-state index in [0.29, 0.717) is 24.1 Å². The van der Waals surface area contributed by atoms with E-state index in [4.69, 9.17) is 5.21 Å². The highest BCUT2D eigenvalue weighted by Gasteiger charge is 2.39. The van der Waals surface area contributed by atoms with Crippen LogP contribution in [0.15, 0.2) is 79.8 Å². The van der Waals surface area contributed by atoms with Crippen molar-refractivity contribution in [2.45, 2.75) is 32.7 Å². The summed E-state index contributed by atoms with van der Waals surface area (Å²) in [5.74, 6) is 0.120. The van der Waals surface area contributed by atoms with Gasteiger partial charge in [0.15, 0.2) is 0 Å². The third-order valence-corrected chi connectivity index (χ3v) is 6.63. The number of hydroxylamine groups is 1. The fourth-order valence-electron chi connectivity index (χ4n) is 4.46. The Kier molecular flexibility index (Phi) is 8.01. The third kappa shape index (κ3) is 6.29. The number of hydrogen-bond donors (Lipinski definition) is 3. The smallest absolute Gasteiger partial charge is 0.267 e. The Morgan fingerprint density at radius 3 is 2.82 bits per heavy atom. The molecule has 0 spiro atoms. The van der Waals surface area contributed by atoms with E-state index in [9.17, 15) is 4.79 Å². The third-order valence-electron chi connectivity index (χ3n) is 6.63. The largest absolute Gasteiger partial charge is 0.380 e. The van der Waals surface area contributed by atoms with Crippen LogP contribution in [0.4, 0.5) is 5.69 Å². The van der Waals surface area contributed by atoms with Crippen LogP contribution >= 0.6 is 0 Å². The number of hydrogen-bond acceptors (Lipinski definition) is 5. The van der Waals surface area contributed by atoms with Crippen molar-refractivity contribution in [3.63, 3.8) is 0 Å². The molecule has 0 unspecified atom stereocenters. The molecule has 0 aliphatic heterocycles. The van der Waals surface area contributed by atoms with Crippen LogP contribution in [0.3, 0.4) is 0 Å². The minimum Gasteiger partial charge on any atom is -0.380 e. The van der Waals surface area contributed by atoms with Crippen LogP contribution < -0.4 is 10.8 Å². The predicted molar refractivity (Wildman–Crippen MR) is 131 cm³/mol. The topological polar surface area (TPSA) is 92.1 Å². The van der Waals surface area contributed by atoms with Crippen molar-refractivity contribution in [1.82, 2.24) is 20.2 Å². The lowest BCUT2D eigenvalue weighted by molar-refractivity contribution is -0.124. The van der Waals surface area contributed by atoms with Crippen LogP contribution in [0, 0.1) is 17.3 Å². The van der Waals surface area contributed by atoms with Crippen molar-refractivity contribution >= 4 is 17.7 Å². The number of anilines is 1. The summed E-state index contributed by atoms with van der Waals surface area (Å²) in [5, 5.41) is 16.3. The van der Waals surface area contributed by atoms with Gasteiger partial charge in [-0.1, -0.05) is 37.3 Å². The van der Waals surface area contributed by atoms with Gasteiger partial charge in [0.05, 0.1) is 24.1 Å². The molecule has 7 nitrogen and oxygen atoms in total. The van der Waals surface area contributed by atoms with Crippen LogP contribution in [0.5, 0.6) is 0 Å². The van der Waals surface area contributed by atoms with Gasteiger partial charge in [0, 0.05) is 25.0 Å². The van der Waals surface area contributed by atoms with E-state index in [0.717, 1.165) is 37.1 Å².